The highest BCUT2D eigenvalue weighted by Gasteiger charge is 2.14. The van der Waals surface area contributed by atoms with Gasteiger partial charge in [-0.3, -0.25) is 14.3 Å². The van der Waals surface area contributed by atoms with E-state index in [0.29, 0.717) is 28.2 Å². The molecule has 33 heavy (non-hydrogen) atoms. The highest BCUT2D eigenvalue weighted by atomic mass is 16.5. The molecule has 2 heterocycles. The number of pyridine rings is 1. The number of ether oxygens (including phenoxy) is 2. The minimum absolute atomic E-state index is 0.148. The monoisotopic (exact) mass is 435 g/mol. The molecule has 0 amide bonds. The summed E-state index contributed by atoms with van der Waals surface area (Å²) in [4.78, 5) is 23.0. The molecule has 6 heteroatoms. The summed E-state index contributed by atoms with van der Waals surface area (Å²) in [5.74, 6) is 2.02. The van der Waals surface area contributed by atoms with Crippen LogP contribution in [0.2, 0.25) is 0 Å². The Morgan fingerprint density at radius 2 is 1.48 bits per heavy atom. The van der Waals surface area contributed by atoms with E-state index in [2.05, 4.69) is 4.98 Å². The SMILES string of the molecule is COc1ccc(C=Cc2nc3c(ccc4ncccc43)c(=O)n2-c2ccc(OC)cc2)cc1. The zero-order chi connectivity index (χ0) is 22.8. The fraction of sp³-hybridized carbons (Fsp3) is 0.0741. The fourth-order valence-corrected chi connectivity index (χ4v) is 3.80. The molecule has 0 unspecified atom stereocenters. The van der Waals surface area contributed by atoms with Crippen LogP contribution in [0.4, 0.5) is 0 Å². The van der Waals surface area contributed by atoms with Gasteiger partial charge in [0.2, 0.25) is 0 Å². The Balaban J connectivity index is 1.74. The van der Waals surface area contributed by atoms with E-state index in [-0.39, 0.29) is 5.56 Å². The molecule has 5 rings (SSSR count). The van der Waals surface area contributed by atoms with Crippen molar-refractivity contribution in [2.24, 2.45) is 0 Å². The molecular formula is C27H21N3O3. The molecule has 0 N–H and O–H groups in total. The topological polar surface area (TPSA) is 66.2 Å². The second-order valence-electron chi connectivity index (χ2n) is 7.45. The summed E-state index contributed by atoms with van der Waals surface area (Å²) in [5.41, 5.74) is 2.95. The van der Waals surface area contributed by atoms with Gasteiger partial charge in [0.1, 0.15) is 17.3 Å². The van der Waals surface area contributed by atoms with Gasteiger partial charge in [0, 0.05) is 11.6 Å². The summed E-state index contributed by atoms with van der Waals surface area (Å²) in [6.07, 6.45) is 5.51. The lowest BCUT2D eigenvalue weighted by Gasteiger charge is -2.13. The standard InChI is InChI=1S/C27H21N3O3/c1-32-20-10-5-18(6-11-20)7-16-25-29-26-22-4-3-17-28-24(22)15-14-23(26)27(31)30(25)19-8-12-21(33-2)13-9-19/h3-17H,1-2H3. The van der Waals surface area contributed by atoms with Crippen LogP contribution in [0.1, 0.15) is 11.4 Å². The van der Waals surface area contributed by atoms with Gasteiger partial charge >= 0.3 is 0 Å². The van der Waals surface area contributed by atoms with Crippen molar-refractivity contribution in [3.05, 3.63) is 101 Å². The van der Waals surface area contributed by atoms with Crippen molar-refractivity contribution >= 4 is 34.0 Å². The smallest absolute Gasteiger partial charge is 0.266 e. The lowest BCUT2D eigenvalue weighted by atomic mass is 10.1. The van der Waals surface area contributed by atoms with Gasteiger partial charge < -0.3 is 9.47 Å². The predicted molar refractivity (Wildman–Crippen MR) is 131 cm³/mol. The third-order valence-electron chi connectivity index (χ3n) is 5.52. The van der Waals surface area contributed by atoms with Crippen molar-refractivity contribution in [2.45, 2.75) is 0 Å². The third-order valence-corrected chi connectivity index (χ3v) is 5.52. The molecule has 162 valence electrons. The molecule has 3 aromatic carbocycles. The molecule has 0 atom stereocenters. The maximum atomic E-state index is 13.7. The maximum Gasteiger partial charge on any atom is 0.266 e. The molecule has 2 aromatic heterocycles. The van der Waals surface area contributed by atoms with Crippen LogP contribution in [0, 0.1) is 0 Å². The van der Waals surface area contributed by atoms with Crippen LogP contribution in [0.5, 0.6) is 11.5 Å². The first-order chi connectivity index (χ1) is 16.2. The Kier molecular flexibility index (Phi) is 5.32. The Bertz CT molecular complexity index is 1540. The van der Waals surface area contributed by atoms with Crippen LogP contribution in [0.3, 0.4) is 0 Å². The molecule has 5 aromatic rings. The molecule has 6 nitrogen and oxygen atoms in total. The van der Waals surface area contributed by atoms with E-state index in [1.165, 1.54) is 0 Å². The largest absolute Gasteiger partial charge is 0.497 e. The van der Waals surface area contributed by atoms with Crippen molar-refractivity contribution in [1.82, 2.24) is 14.5 Å². The summed E-state index contributed by atoms with van der Waals surface area (Å²) in [5, 5.41) is 1.38. The Labute approximate surface area is 190 Å². The Morgan fingerprint density at radius 3 is 2.18 bits per heavy atom. The van der Waals surface area contributed by atoms with Crippen LogP contribution in [-0.2, 0) is 0 Å². The fourth-order valence-electron chi connectivity index (χ4n) is 3.80. The molecule has 0 radical (unpaired) electrons. The van der Waals surface area contributed by atoms with E-state index in [0.717, 1.165) is 22.2 Å². The highest BCUT2D eigenvalue weighted by Crippen LogP contribution is 2.23. The van der Waals surface area contributed by atoms with Crippen molar-refractivity contribution in [2.75, 3.05) is 14.2 Å². The van der Waals surface area contributed by atoms with Gasteiger partial charge in [-0.05, 0) is 72.3 Å². The lowest BCUT2D eigenvalue weighted by Crippen LogP contribution is -2.22. The average molecular weight is 435 g/mol. The first-order valence-corrected chi connectivity index (χ1v) is 10.4. The molecule has 0 aliphatic carbocycles. The number of hydrogen-bond donors (Lipinski definition) is 0. The summed E-state index contributed by atoms with van der Waals surface area (Å²) in [7, 11) is 3.25. The molecule has 0 fully saturated rings. The zero-order valence-electron chi connectivity index (χ0n) is 18.2. The molecule has 0 aliphatic heterocycles. The van der Waals surface area contributed by atoms with E-state index in [9.17, 15) is 4.79 Å². The number of fused-ring (bicyclic) bond motifs is 3. The average Bonchev–Trinajstić information content (AvgIpc) is 2.88. The highest BCUT2D eigenvalue weighted by molar-refractivity contribution is 6.03. The minimum Gasteiger partial charge on any atom is -0.497 e. The number of benzene rings is 3. The van der Waals surface area contributed by atoms with Gasteiger partial charge in [0.05, 0.1) is 36.3 Å². The number of hydrogen-bond acceptors (Lipinski definition) is 5. The maximum absolute atomic E-state index is 13.7. The summed E-state index contributed by atoms with van der Waals surface area (Å²) >= 11 is 0. The van der Waals surface area contributed by atoms with Gasteiger partial charge in [-0.25, -0.2) is 4.98 Å². The van der Waals surface area contributed by atoms with Crippen molar-refractivity contribution in [1.29, 1.82) is 0 Å². The summed E-state index contributed by atoms with van der Waals surface area (Å²) < 4.78 is 12.1. The molecule has 0 saturated carbocycles. The summed E-state index contributed by atoms with van der Waals surface area (Å²) in [6, 6.07) is 22.5. The first-order valence-electron chi connectivity index (χ1n) is 10.4. The number of methoxy groups -OCH3 is 2. The first kappa shape index (κ1) is 20.5. The second-order valence-corrected chi connectivity index (χ2v) is 7.45. The third kappa shape index (κ3) is 3.83. The van der Waals surface area contributed by atoms with Crippen LogP contribution >= 0.6 is 0 Å². The summed E-state index contributed by atoms with van der Waals surface area (Å²) in [6.45, 7) is 0. The van der Waals surface area contributed by atoms with Gasteiger partial charge in [-0.1, -0.05) is 18.2 Å². The van der Waals surface area contributed by atoms with Crippen LogP contribution in [0.15, 0.2) is 83.8 Å². The van der Waals surface area contributed by atoms with Gasteiger partial charge in [0.15, 0.2) is 0 Å². The molecule has 0 spiro atoms. The Morgan fingerprint density at radius 1 is 0.788 bits per heavy atom. The van der Waals surface area contributed by atoms with Gasteiger partial charge in [0.25, 0.3) is 5.56 Å². The Hall–Kier alpha value is -4.45. The number of aromatic nitrogens is 3. The zero-order valence-corrected chi connectivity index (χ0v) is 18.2. The quantitative estimate of drug-likeness (QED) is 0.359. The van der Waals surface area contributed by atoms with Crippen LogP contribution < -0.4 is 15.0 Å². The molecule has 0 saturated heterocycles. The lowest BCUT2D eigenvalue weighted by molar-refractivity contribution is 0.414. The normalized spacial score (nSPS) is 11.3. The van der Waals surface area contributed by atoms with E-state index < -0.39 is 0 Å². The predicted octanol–water partition coefficient (Wildman–Crippen LogP) is 5.12. The van der Waals surface area contributed by atoms with Crippen molar-refractivity contribution < 1.29 is 9.47 Å². The number of nitrogens with zero attached hydrogens (tertiary/aromatic N) is 3. The molecular weight excluding hydrogens is 414 g/mol. The second kappa shape index (κ2) is 8.59. The van der Waals surface area contributed by atoms with Crippen molar-refractivity contribution in [3.63, 3.8) is 0 Å². The van der Waals surface area contributed by atoms with Gasteiger partial charge in [-0.2, -0.15) is 0 Å². The molecule has 0 bridgehead atoms. The minimum atomic E-state index is -0.148. The van der Waals surface area contributed by atoms with E-state index in [1.54, 1.807) is 31.0 Å². The van der Waals surface area contributed by atoms with E-state index >= 15 is 0 Å². The van der Waals surface area contributed by atoms with E-state index in [1.807, 2.05) is 78.9 Å². The van der Waals surface area contributed by atoms with Crippen LogP contribution in [-0.4, -0.2) is 28.8 Å². The van der Waals surface area contributed by atoms with Crippen LogP contribution in [0.25, 0.3) is 39.6 Å². The van der Waals surface area contributed by atoms with Gasteiger partial charge in [-0.15, -0.1) is 0 Å². The molecule has 0 aliphatic rings. The van der Waals surface area contributed by atoms with E-state index in [4.69, 9.17) is 14.5 Å². The number of rotatable bonds is 5. The van der Waals surface area contributed by atoms with Crippen molar-refractivity contribution in [3.8, 4) is 17.2 Å².